The minimum absolute atomic E-state index is 0.00230. The van der Waals surface area contributed by atoms with Crippen LogP contribution in [0.2, 0.25) is 0 Å². The average molecular weight is 543 g/mol. The Kier molecular flexibility index (Phi) is 11.1. The fourth-order valence-electron chi connectivity index (χ4n) is 3.91. The lowest BCUT2D eigenvalue weighted by atomic mass is 10.0. The smallest absolute Gasteiger partial charge is 0.255 e. The standard InChI is InChI=1S/C28H35FN4O6/c1-18(2)25-28(37)30-14-5-16-39-23-7-4-3-6-21(23)26(35)32-22(12-13-24(34)33-25)27(36)31-15-17-38-20-10-8-19(29)9-11-20/h3-4,6-11,18,22,25H,5,12-17H2,1-2H3,(H,30,37)(H,31,36)(H,32,35)(H,33,34)/t22-,25?/m0/s1. The monoisotopic (exact) mass is 542 g/mol. The molecule has 2 aromatic rings. The van der Waals surface area contributed by atoms with Crippen LogP contribution in [0.1, 0.15) is 43.5 Å². The van der Waals surface area contributed by atoms with Gasteiger partial charge in [0.25, 0.3) is 5.91 Å². The number of ether oxygens (including phenoxy) is 2. The van der Waals surface area contributed by atoms with E-state index in [-0.39, 0.29) is 55.8 Å². The van der Waals surface area contributed by atoms with E-state index in [0.29, 0.717) is 24.5 Å². The van der Waals surface area contributed by atoms with E-state index in [4.69, 9.17) is 9.47 Å². The van der Waals surface area contributed by atoms with Crippen molar-refractivity contribution in [1.82, 2.24) is 21.3 Å². The zero-order valence-electron chi connectivity index (χ0n) is 22.1. The van der Waals surface area contributed by atoms with Crippen LogP contribution in [0.25, 0.3) is 0 Å². The summed E-state index contributed by atoms with van der Waals surface area (Å²) in [5.74, 6) is -1.48. The summed E-state index contributed by atoms with van der Waals surface area (Å²) < 4.78 is 24.3. The van der Waals surface area contributed by atoms with Gasteiger partial charge in [-0.15, -0.1) is 0 Å². The Morgan fingerprint density at radius 3 is 2.59 bits per heavy atom. The highest BCUT2D eigenvalue weighted by molar-refractivity contribution is 5.99. The first-order valence-electron chi connectivity index (χ1n) is 13.0. The van der Waals surface area contributed by atoms with Crippen molar-refractivity contribution in [2.75, 3.05) is 26.3 Å². The number of carbonyl (C=O) groups is 4. The molecule has 39 heavy (non-hydrogen) atoms. The topological polar surface area (TPSA) is 135 Å². The van der Waals surface area contributed by atoms with Crippen molar-refractivity contribution in [2.45, 2.75) is 45.2 Å². The molecular formula is C28H35FN4O6. The molecule has 2 aromatic carbocycles. The second-order valence-corrected chi connectivity index (χ2v) is 9.44. The van der Waals surface area contributed by atoms with Crippen molar-refractivity contribution in [3.63, 3.8) is 0 Å². The van der Waals surface area contributed by atoms with E-state index in [2.05, 4.69) is 21.3 Å². The number of nitrogens with one attached hydrogen (secondary N) is 4. The highest BCUT2D eigenvalue weighted by Crippen LogP contribution is 2.19. The van der Waals surface area contributed by atoms with Crippen molar-refractivity contribution in [3.8, 4) is 11.5 Å². The molecule has 0 aliphatic carbocycles. The molecule has 1 aliphatic heterocycles. The molecule has 4 N–H and O–H groups in total. The molecule has 0 spiro atoms. The van der Waals surface area contributed by atoms with Crippen molar-refractivity contribution >= 4 is 23.6 Å². The third-order valence-corrected chi connectivity index (χ3v) is 6.04. The molecule has 0 aromatic heterocycles. The van der Waals surface area contributed by atoms with Gasteiger partial charge in [-0.25, -0.2) is 4.39 Å². The Morgan fingerprint density at radius 2 is 1.85 bits per heavy atom. The van der Waals surface area contributed by atoms with Gasteiger partial charge in [0.2, 0.25) is 17.7 Å². The van der Waals surface area contributed by atoms with Gasteiger partial charge < -0.3 is 30.7 Å². The lowest BCUT2D eigenvalue weighted by Gasteiger charge is -2.23. The average Bonchev–Trinajstić information content (AvgIpc) is 2.92. The Balaban J connectivity index is 1.71. The lowest BCUT2D eigenvalue weighted by molar-refractivity contribution is -0.130. The number of fused-ring (bicyclic) bond motifs is 1. The van der Waals surface area contributed by atoms with Crippen molar-refractivity contribution in [2.24, 2.45) is 5.92 Å². The van der Waals surface area contributed by atoms with Gasteiger partial charge in [0.15, 0.2) is 0 Å². The van der Waals surface area contributed by atoms with E-state index in [1.807, 2.05) is 13.8 Å². The van der Waals surface area contributed by atoms with Crippen molar-refractivity contribution in [1.29, 1.82) is 0 Å². The van der Waals surface area contributed by atoms with Crippen LogP contribution in [0, 0.1) is 11.7 Å². The molecule has 4 amide bonds. The zero-order valence-corrected chi connectivity index (χ0v) is 22.1. The van der Waals surface area contributed by atoms with Crippen LogP contribution in [0.3, 0.4) is 0 Å². The fraction of sp³-hybridized carbons (Fsp3) is 0.429. The Morgan fingerprint density at radius 1 is 1.10 bits per heavy atom. The highest BCUT2D eigenvalue weighted by atomic mass is 19.1. The Bertz CT molecular complexity index is 1140. The molecule has 0 saturated carbocycles. The number of carbonyl (C=O) groups excluding carboxylic acids is 4. The predicted octanol–water partition coefficient (Wildman–Crippen LogP) is 1.94. The van der Waals surface area contributed by atoms with Crippen LogP contribution in [-0.4, -0.2) is 62.0 Å². The van der Waals surface area contributed by atoms with Gasteiger partial charge in [0.05, 0.1) is 18.7 Å². The molecule has 0 radical (unpaired) electrons. The second-order valence-electron chi connectivity index (χ2n) is 9.44. The Labute approximate surface area is 227 Å². The first kappa shape index (κ1) is 29.4. The van der Waals surface area contributed by atoms with Crippen LogP contribution < -0.4 is 30.7 Å². The van der Waals surface area contributed by atoms with E-state index in [1.54, 1.807) is 24.3 Å². The van der Waals surface area contributed by atoms with Gasteiger partial charge in [0, 0.05) is 13.0 Å². The van der Waals surface area contributed by atoms with E-state index in [0.717, 1.165) is 0 Å². The molecule has 210 valence electrons. The predicted molar refractivity (Wildman–Crippen MR) is 142 cm³/mol. The van der Waals surface area contributed by atoms with Crippen molar-refractivity contribution < 1.29 is 33.0 Å². The van der Waals surface area contributed by atoms with Gasteiger partial charge in [0.1, 0.15) is 36.0 Å². The SMILES string of the molecule is CC(C)C1NC(=O)CC[C@@H](C(=O)NCCOc2ccc(F)cc2)NC(=O)c2ccccc2OCCCNC1=O. The first-order valence-corrected chi connectivity index (χ1v) is 13.0. The van der Waals surface area contributed by atoms with E-state index in [1.165, 1.54) is 24.3 Å². The maximum atomic E-state index is 13.1. The van der Waals surface area contributed by atoms with Crippen LogP contribution in [0.4, 0.5) is 4.39 Å². The van der Waals surface area contributed by atoms with E-state index in [9.17, 15) is 23.6 Å². The number of hydrogen-bond donors (Lipinski definition) is 4. The summed E-state index contributed by atoms with van der Waals surface area (Å²) in [6, 6.07) is 10.4. The second kappa shape index (κ2) is 14.7. The molecule has 2 atom stereocenters. The van der Waals surface area contributed by atoms with Gasteiger partial charge in [-0.2, -0.15) is 0 Å². The van der Waals surface area contributed by atoms with Gasteiger partial charge in [-0.3, -0.25) is 19.2 Å². The summed E-state index contributed by atoms with van der Waals surface area (Å²) in [7, 11) is 0. The first-order chi connectivity index (χ1) is 18.7. The summed E-state index contributed by atoms with van der Waals surface area (Å²) >= 11 is 0. The molecule has 0 saturated heterocycles. The van der Waals surface area contributed by atoms with Gasteiger partial charge in [-0.05, 0) is 55.2 Å². The molecule has 1 heterocycles. The molecule has 1 unspecified atom stereocenters. The summed E-state index contributed by atoms with van der Waals surface area (Å²) in [4.78, 5) is 51.5. The number of hydrogen-bond acceptors (Lipinski definition) is 6. The summed E-state index contributed by atoms with van der Waals surface area (Å²) in [5, 5.41) is 11.0. The minimum atomic E-state index is -1.04. The summed E-state index contributed by atoms with van der Waals surface area (Å²) in [6.07, 6.45) is 0.391. The van der Waals surface area contributed by atoms with Crippen molar-refractivity contribution in [3.05, 3.63) is 59.9 Å². The Hall–Kier alpha value is -4.15. The molecule has 0 fully saturated rings. The third kappa shape index (κ3) is 9.27. The number of halogens is 1. The molecule has 10 nitrogen and oxygen atoms in total. The van der Waals surface area contributed by atoms with Gasteiger partial charge >= 0.3 is 0 Å². The number of para-hydroxylation sites is 1. The quantitative estimate of drug-likeness (QED) is 0.412. The maximum absolute atomic E-state index is 13.1. The normalized spacial score (nSPS) is 19.1. The lowest BCUT2D eigenvalue weighted by Crippen LogP contribution is -2.51. The molecule has 3 rings (SSSR count). The number of benzene rings is 2. The van der Waals surface area contributed by atoms with Crippen LogP contribution in [0.15, 0.2) is 48.5 Å². The van der Waals surface area contributed by atoms with Crippen LogP contribution in [-0.2, 0) is 14.4 Å². The van der Waals surface area contributed by atoms with Gasteiger partial charge in [-0.1, -0.05) is 26.0 Å². The van der Waals surface area contributed by atoms with Crippen LogP contribution >= 0.6 is 0 Å². The fourth-order valence-corrected chi connectivity index (χ4v) is 3.91. The zero-order chi connectivity index (χ0) is 28.2. The van der Waals surface area contributed by atoms with E-state index < -0.39 is 29.8 Å². The molecule has 11 heteroatoms. The third-order valence-electron chi connectivity index (χ3n) is 6.04. The summed E-state index contributed by atoms with van der Waals surface area (Å²) in [6.45, 7) is 4.48. The highest BCUT2D eigenvalue weighted by Gasteiger charge is 2.27. The molecular weight excluding hydrogens is 507 g/mol. The molecule has 1 aliphatic rings. The van der Waals surface area contributed by atoms with Crippen LogP contribution in [0.5, 0.6) is 11.5 Å². The summed E-state index contributed by atoms with van der Waals surface area (Å²) in [5.41, 5.74) is 0.246. The maximum Gasteiger partial charge on any atom is 0.255 e. The number of rotatable bonds is 6. The minimum Gasteiger partial charge on any atom is -0.493 e. The molecule has 0 bridgehead atoms. The number of amides is 4. The largest absolute Gasteiger partial charge is 0.493 e. The van der Waals surface area contributed by atoms with E-state index >= 15 is 0 Å².